The predicted octanol–water partition coefficient (Wildman–Crippen LogP) is 2.06. The molecule has 7 nitrogen and oxygen atoms in total. The van der Waals surface area contributed by atoms with Crippen molar-refractivity contribution in [3.63, 3.8) is 0 Å². The second kappa shape index (κ2) is 8.14. The van der Waals surface area contributed by atoms with Gasteiger partial charge >= 0.3 is 0 Å². The standard InChI is InChI=1S/C19H26N6O/c1-4-24-11-13-25(14-12-24)18(26)17-9-10-20-19(22-17)21-15-5-7-16(8-6-15)23(2)3/h5-10H,4,11-14H2,1-3H3,(H,20,21,22). The lowest BCUT2D eigenvalue weighted by Gasteiger charge is -2.33. The molecule has 1 N–H and O–H groups in total. The van der Waals surface area contributed by atoms with Crippen LogP contribution in [0.25, 0.3) is 0 Å². The summed E-state index contributed by atoms with van der Waals surface area (Å²) in [5, 5.41) is 3.16. The number of hydrogen-bond donors (Lipinski definition) is 1. The van der Waals surface area contributed by atoms with E-state index in [-0.39, 0.29) is 5.91 Å². The molecule has 1 saturated heterocycles. The fourth-order valence-electron chi connectivity index (χ4n) is 2.94. The SMILES string of the molecule is CCN1CCN(C(=O)c2ccnc(Nc3ccc(N(C)C)cc3)n2)CC1. The van der Waals surface area contributed by atoms with Gasteiger partial charge in [0.15, 0.2) is 0 Å². The van der Waals surface area contributed by atoms with E-state index in [0.29, 0.717) is 11.6 Å². The second-order valence-electron chi connectivity index (χ2n) is 6.56. The average molecular weight is 354 g/mol. The molecule has 0 atom stereocenters. The summed E-state index contributed by atoms with van der Waals surface area (Å²) < 4.78 is 0. The number of piperazine rings is 1. The van der Waals surface area contributed by atoms with E-state index in [1.54, 1.807) is 12.3 Å². The molecule has 0 unspecified atom stereocenters. The topological polar surface area (TPSA) is 64.6 Å². The number of hydrogen-bond acceptors (Lipinski definition) is 6. The van der Waals surface area contributed by atoms with Crippen molar-refractivity contribution in [1.29, 1.82) is 0 Å². The lowest BCUT2D eigenvalue weighted by atomic mass is 10.2. The van der Waals surface area contributed by atoms with Crippen molar-refractivity contribution in [3.05, 3.63) is 42.2 Å². The largest absolute Gasteiger partial charge is 0.378 e. The van der Waals surface area contributed by atoms with Gasteiger partial charge < -0.3 is 20.0 Å². The van der Waals surface area contributed by atoms with Gasteiger partial charge in [-0.15, -0.1) is 0 Å². The minimum atomic E-state index is -0.0332. The minimum Gasteiger partial charge on any atom is -0.378 e. The van der Waals surface area contributed by atoms with Crippen molar-refractivity contribution in [3.8, 4) is 0 Å². The Bertz CT molecular complexity index is 738. The van der Waals surface area contributed by atoms with Crippen LogP contribution in [0.2, 0.25) is 0 Å². The highest BCUT2D eigenvalue weighted by molar-refractivity contribution is 5.92. The monoisotopic (exact) mass is 354 g/mol. The number of likely N-dealkylation sites (N-methyl/N-ethyl adjacent to an activating group) is 1. The number of anilines is 3. The molecule has 0 saturated carbocycles. The maximum atomic E-state index is 12.7. The van der Waals surface area contributed by atoms with E-state index in [9.17, 15) is 4.79 Å². The molecule has 26 heavy (non-hydrogen) atoms. The summed E-state index contributed by atoms with van der Waals surface area (Å²) in [5.74, 6) is 0.398. The Balaban J connectivity index is 1.67. The highest BCUT2D eigenvalue weighted by Crippen LogP contribution is 2.18. The molecular formula is C19H26N6O. The number of benzene rings is 1. The molecule has 138 valence electrons. The number of aromatic nitrogens is 2. The maximum absolute atomic E-state index is 12.7. The first-order chi connectivity index (χ1) is 12.6. The molecule has 2 aromatic rings. The Labute approximate surface area is 154 Å². The summed E-state index contributed by atoms with van der Waals surface area (Å²) in [6, 6.07) is 9.65. The van der Waals surface area contributed by atoms with Crippen molar-refractivity contribution in [2.24, 2.45) is 0 Å². The van der Waals surface area contributed by atoms with Gasteiger partial charge in [-0.1, -0.05) is 6.92 Å². The van der Waals surface area contributed by atoms with Crippen LogP contribution in [0.4, 0.5) is 17.3 Å². The molecular weight excluding hydrogens is 328 g/mol. The zero-order valence-corrected chi connectivity index (χ0v) is 15.6. The first-order valence-electron chi connectivity index (χ1n) is 8.96. The predicted molar refractivity (Wildman–Crippen MR) is 104 cm³/mol. The van der Waals surface area contributed by atoms with Crippen molar-refractivity contribution in [2.45, 2.75) is 6.92 Å². The van der Waals surface area contributed by atoms with E-state index in [0.717, 1.165) is 44.1 Å². The molecule has 1 aromatic carbocycles. The Kier molecular flexibility index (Phi) is 5.68. The quantitative estimate of drug-likeness (QED) is 0.887. The molecule has 1 aliphatic heterocycles. The van der Waals surface area contributed by atoms with E-state index in [4.69, 9.17) is 0 Å². The van der Waals surface area contributed by atoms with E-state index in [2.05, 4.69) is 27.1 Å². The number of nitrogens with one attached hydrogen (secondary N) is 1. The number of carbonyl (C=O) groups is 1. The zero-order valence-electron chi connectivity index (χ0n) is 15.6. The van der Waals surface area contributed by atoms with Gasteiger partial charge in [-0.25, -0.2) is 9.97 Å². The third-order valence-electron chi connectivity index (χ3n) is 4.62. The third-order valence-corrected chi connectivity index (χ3v) is 4.62. The van der Waals surface area contributed by atoms with Crippen molar-refractivity contribution in [1.82, 2.24) is 19.8 Å². The average Bonchev–Trinajstić information content (AvgIpc) is 2.68. The van der Waals surface area contributed by atoms with Gasteiger partial charge in [0.2, 0.25) is 5.95 Å². The normalized spacial score (nSPS) is 15.0. The summed E-state index contributed by atoms with van der Waals surface area (Å²) >= 11 is 0. The molecule has 0 aliphatic carbocycles. The lowest BCUT2D eigenvalue weighted by molar-refractivity contribution is 0.0637. The van der Waals surface area contributed by atoms with E-state index in [1.807, 2.05) is 48.2 Å². The molecule has 3 rings (SSSR count). The molecule has 0 bridgehead atoms. The fraction of sp³-hybridized carbons (Fsp3) is 0.421. The van der Waals surface area contributed by atoms with Gasteiger partial charge in [-0.05, 0) is 36.9 Å². The summed E-state index contributed by atoms with van der Waals surface area (Å²) in [6.45, 7) is 6.48. The van der Waals surface area contributed by atoms with Gasteiger partial charge in [0, 0.05) is 57.8 Å². The Morgan fingerprint density at radius 2 is 1.81 bits per heavy atom. The van der Waals surface area contributed by atoms with Crippen molar-refractivity contribution in [2.75, 3.05) is 57.0 Å². The number of carbonyl (C=O) groups excluding carboxylic acids is 1. The number of amides is 1. The van der Waals surface area contributed by atoms with Crippen LogP contribution < -0.4 is 10.2 Å². The molecule has 1 aromatic heterocycles. The van der Waals surface area contributed by atoms with Crippen molar-refractivity contribution >= 4 is 23.2 Å². The van der Waals surface area contributed by atoms with Gasteiger partial charge in [-0.2, -0.15) is 0 Å². The molecule has 1 aliphatic rings. The molecule has 0 spiro atoms. The number of rotatable bonds is 5. The summed E-state index contributed by atoms with van der Waals surface area (Å²) in [7, 11) is 4.00. The van der Waals surface area contributed by atoms with Crippen LogP contribution in [0.5, 0.6) is 0 Å². The second-order valence-corrected chi connectivity index (χ2v) is 6.56. The molecule has 1 fully saturated rings. The molecule has 0 radical (unpaired) electrons. The van der Waals surface area contributed by atoms with Crippen LogP contribution in [0, 0.1) is 0 Å². The Morgan fingerprint density at radius 3 is 2.42 bits per heavy atom. The van der Waals surface area contributed by atoms with Gasteiger partial charge in [0.25, 0.3) is 5.91 Å². The van der Waals surface area contributed by atoms with Crippen molar-refractivity contribution < 1.29 is 4.79 Å². The first kappa shape index (κ1) is 18.1. The molecule has 1 amide bonds. The van der Waals surface area contributed by atoms with Crippen LogP contribution in [0.3, 0.4) is 0 Å². The zero-order chi connectivity index (χ0) is 18.5. The van der Waals surface area contributed by atoms with Crippen LogP contribution in [0.1, 0.15) is 17.4 Å². The molecule has 7 heteroatoms. The van der Waals surface area contributed by atoms with E-state index >= 15 is 0 Å². The highest BCUT2D eigenvalue weighted by atomic mass is 16.2. The Hall–Kier alpha value is -2.67. The summed E-state index contributed by atoms with van der Waals surface area (Å²) in [4.78, 5) is 27.6. The van der Waals surface area contributed by atoms with Gasteiger partial charge in [0.05, 0.1) is 0 Å². The van der Waals surface area contributed by atoms with E-state index < -0.39 is 0 Å². The van der Waals surface area contributed by atoms with Gasteiger partial charge in [-0.3, -0.25) is 4.79 Å². The van der Waals surface area contributed by atoms with Gasteiger partial charge in [0.1, 0.15) is 5.69 Å². The first-order valence-corrected chi connectivity index (χ1v) is 8.96. The summed E-state index contributed by atoms with van der Waals surface area (Å²) in [5.41, 5.74) is 2.43. The highest BCUT2D eigenvalue weighted by Gasteiger charge is 2.22. The summed E-state index contributed by atoms with van der Waals surface area (Å²) in [6.07, 6.45) is 1.62. The Morgan fingerprint density at radius 1 is 1.12 bits per heavy atom. The number of nitrogens with zero attached hydrogens (tertiary/aromatic N) is 5. The minimum absolute atomic E-state index is 0.0332. The maximum Gasteiger partial charge on any atom is 0.272 e. The van der Waals surface area contributed by atoms with Crippen LogP contribution in [0.15, 0.2) is 36.5 Å². The molecule has 2 heterocycles. The van der Waals surface area contributed by atoms with Crippen LogP contribution in [-0.2, 0) is 0 Å². The lowest BCUT2D eigenvalue weighted by Crippen LogP contribution is -2.48. The van der Waals surface area contributed by atoms with E-state index in [1.165, 1.54) is 0 Å². The van der Waals surface area contributed by atoms with Crippen LogP contribution >= 0.6 is 0 Å². The fourth-order valence-corrected chi connectivity index (χ4v) is 2.94. The third kappa shape index (κ3) is 4.29. The smallest absolute Gasteiger partial charge is 0.272 e. The van der Waals surface area contributed by atoms with Crippen LogP contribution in [-0.4, -0.2) is 72.5 Å².